The number of hydrogen-bond donors (Lipinski definition) is 0. The smallest absolute Gasteiger partial charge is 0.319 e. The molecule has 100 valence electrons. The molecule has 1 aromatic carbocycles. The summed E-state index contributed by atoms with van der Waals surface area (Å²) in [5, 5.41) is 0. The fourth-order valence-corrected chi connectivity index (χ4v) is 3.93. The molecule has 3 nitrogen and oxygen atoms in total. The van der Waals surface area contributed by atoms with Crippen LogP contribution >= 0.6 is 0 Å². The first-order chi connectivity index (χ1) is 9.21. The average molecular weight is 258 g/mol. The molecule has 0 aromatic heterocycles. The zero-order valence-corrected chi connectivity index (χ0v) is 11.3. The van der Waals surface area contributed by atoms with Crippen LogP contribution in [0.2, 0.25) is 0 Å². The van der Waals surface area contributed by atoms with Crippen LogP contribution in [0.4, 0.5) is 0 Å². The summed E-state index contributed by atoms with van der Waals surface area (Å²) in [6.07, 6.45) is 5.83. The first kappa shape index (κ1) is 12.4. The molecular weight excluding hydrogens is 240 g/mol. The van der Waals surface area contributed by atoms with Gasteiger partial charge in [-0.2, -0.15) is 0 Å². The van der Waals surface area contributed by atoms with Crippen molar-refractivity contribution in [3.63, 3.8) is 0 Å². The van der Waals surface area contributed by atoms with E-state index in [1.807, 2.05) is 36.4 Å². The van der Waals surface area contributed by atoms with Crippen molar-refractivity contribution < 1.29 is 14.3 Å². The van der Waals surface area contributed by atoms with Gasteiger partial charge in [-0.25, -0.2) is 0 Å². The van der Waals surface area contributed by atoms with Gasteiger partial charge in [0.1, 0.15) is 11.0 Å². The van der Waals surface area contributed by atoms with E-state index in [1.165, 1.54) is 7.11 Å². The van der Waals surface area contributed by atoms with E-state index in [-0.39, 0.29) is 11.9 Å². The van der Waals surface area contributed by atoms with Gasteiger partial charge in [-0.3, -0.25) is 4.79 Å². The number of carbonyl (C=O) groups is 1. The third-order valence-corrected chi connectivity index (χ3v) is 4.72. The number of ether oxygens (including phenoxy) is 2. The van der Waals surface area contributed by atoms with E-state index in [2.05, 4.69) is 6.08 Å². The van der Waals surface area contributed by atoms with Crippen LogP contribution < -0.4 is 0 Å². The van der Waals surface area contributed by atoms with Gasteiger partial charge in [0.25, 0.3) is 0 Å². The number of fused-ring (bicyclic) bond motifs is 2. The molecule has 0 N–H and O–H groups in total. The van der Waals surface area contributed by atoms with Gasteiger partial charge >= 0.3 is 5.97 Å². The highest BCUT2D eigenvalue weighted by Gasteiger charge is 2.67. The second kappa shape index (κ2) is 4.20. The van der Waals surface area contributed by atoms with E-state index in [1.54, 1.807) is 7.11 Å². The molecule has 0 heterocycles. The zero-order valence-electron chi connectivity index (χ0n) is 11.3. The van der Waals surface area contributed by atoms with Gasteiger partial charge in [-0.1, -0.05) is 42.5 Å². The van der Waals surface area contributed by atoms with Crippen molar-refractivity contribution in [1.29, 1.82) is 0 Å². The number of rotatable bonds is 3. The van der Waals surface area contributed by atoms with Gasteiger partial charge in [-0.15, -0.1) is 0 Å². The van der Waals surface area contributed by atoms with Gasteiger partial charge in [0.05, 0.1) is 7.11 Å². The Morgan fingerprint density at radius 1 is 1.26 bits per heavy atom. The van der Waals surface area contributed by atoms with Gasteiger partial charge in [0.2, 0.25) is 0 Å². The lowest BCUT2D eigenvalue weighted by Gasteiger charge is -2.40. The first-order valence-electron chi connectivity index (χ1n) is 6.60. The molecule has 3 rings (SSSR count). The van der Waals surface area contributed by atoms with Crippen LogP contribution in [0.5, 0.6) is 0 Å². The van der Waals surface area contributed by atoms with E-state index in [0.717, 1.165) is 18.4 Å². The standard InChI is InChI=1S/C16H18O3/c1-18-14(17)15-10-8-13(9-11-15)16(15,19-2)12-6-4-3-5-7-12/h3-8,10,13H,9,11H2,1-2H3/t13-,15+,16+/m0/s1. The maximum Gasteiger partial charge on any atom is 0.319 e. The van der Waals surface area contributed by atoms with Crippen LogP contribution in [0.25, 0.3) is 0 Å². The van der Waals surface area contributed by atoms with Gasteiger partial charge in [0, 0.05) is 13.0 Å². The minimum absolute atomic E-state index is 0.200. The molecule has 2 aliphatic carbocycles. The monoisotopic (exact) mass is 258 g/mol. The highest BCUT2D eigenvalue weighted by molar-refractivity contribution is 5.83. The Hall–Kier alpha value is -1.61. The Labute approximate surface area is 113 Å². The third-order valence-electron chi connectivity index (χ3n) is 4.72. The van der Waals surface area contributed by atoms with E-state index in [4.69, 9.17) is 9.47 Å². The second-order valence-electron chi connectivity index (χ2n) is 5.27. The maximum absolute atomic E-state index is 12.4. The molecule has 0 aliphatic heterocycles. The molecule has 0 spiro atoms. The molecule has 0 saturated heterocycles. The Bertz CT molecular complexity index is 522. The fraction of sp³-hybridized carbons (Fsp3) is 0.438. The molecule has 2 bridgehead atoms. The van der Waals surface area contributed by atoms with Crippen LogP contribution in [0.15, 0.2) is 42.5 Å². The fourth-order valence-electron chi connectivity index (χ4n) is 3.93. The van der Waals surface area contributed by atoms with Crippen molar-refractivity contribution in [2.24, 2.45) is 11.3 Å². The minimum atomic E-state index is -0.678. The molecule has 2 aliphatic rings. The van der Waals surface area contributed by atoms with Crippen LogP contribution in [-0.4, -0.2) is 20.2 Å². The number of benzene rings is 1. The largest absolute Gasteiger partial charge is 0.468 e. The SMILES string of the molecule is COC(=O)[C@@]12C=C[C@@H](CC1)[C@]2(OC)c1ccccc1. The molecule has 3 atom stereocenters. The van der Waals surface area contributed by atoms with Crippen LogP contribution in [-0.2, 0) is 19.9 Å². The van der Waals surface area contributed by atoms with Crippen LogP contribution in [0.1, 0.15) is 18.4 Å². The molecule has 0 radical (unpaired) electrons. The molecule has 1 aromatic rings. The summed E-state index contributed by atoms with van der Waals surface area (Å²) in [7, 11) is 3.14. The predicted octanol–water partition coefficient (Wildman–Crippen LogP) is 2.67. The summed E-state index contributed by atoms with van der Waals surface area (Å²) in [5.41, 5.74) is -0.237. The quantitative estimate of drug-likeness (QED) is 0.617. The van der Waals surface area contributed by atoms with Crippen molar-refractivity contribution >= 4 is 5.97 Å². The molecule has 0 unspecified atom stereocenters. The maximum atomic E-state index is 12.4. The minimum Gasteiger partial charge on any atom is -0.468 e. The topological polar surface area (TPSA) is 35.5 Å². The average Bonchev–Trinajstić information content (AvgIpc) is 2.99. The van der Waals surface area contributed by atoms with Crippen LogP contribution in [0.3, 0.4) is 0 Å². The van der Waals surface area contributed by atoms with Crippen molar-refractivity contribution in [2.75, 3.05) is 14.2 Å². The highest BCUT2D eigenvalue weighted by Crippen LogP contribution is 2.63. The molecular formula is C16H18O3. The lowest BCUT2D eigenvalue weighted by Crippen LogP contribution is -2.48. The van der Waals surface area contributed by atoms with Crippen molar-refractivity contribution in [2.45, 2.75) is 18.4 Å². The van der Waals surface area contributed by atoms with E-state index in [0.29, 0.717) is 0 Å². The summed E-state index contributed by atoms with van der Waals surface area (Å²) >= 11 is 0. The van der Waals surface area contributed by atoms with Crippen molar-refractivity contribution in [3.05, 3.63) is 48.0 Å². The highest BCUT2D eigenvalue weighted by atomic mass is 16.5. The molecule has 19 heavy (non-hydrogen) atoms. The van der Waals surface area contributed by atoms with Gasteiger partial charge in [-0.05, 0) is 18.4 Å². The Kier molecular flexibility index (Phi) is 2.75. The molecule has 1 saturated carbocycles. The molecule has 3 heteroatoms. The van der Waals surface area contributed by atoms with Crippen molar-refractivity contribution in [1.82, 2.24) is 0 Å². The van der Waals surface area contributed by atoms with Crippen molar-refractivity contribution in [3.8, 4) is 0 Å². The summed E-state index contributed by atoms with van der Waals surface area (Å²) in [5.74, 6) is 0.0356. The van der Waals surface area contributed by atoms with E-state index in [9.17, 15) is 4.79 Å². The Morgan fingerprint density at radius 2 is 2.00 bits per heavy atom. The normalized spacial score (nSPS) is 35.6. The predicted molar refractivity (Wildman–Crippen MR) is 71.4 cm³/mol. The van der Waals surface area contributed by atoms with E-state index < -0.39 is 11.0 Å². The lowest BCUT2D eigenvalue weighted by molar-refractivity contribution is -0.168. The van der Waals surface area contributed by atoms with Gasteiger partial charge < -0.3 is 9.47 Å². The van der Waals surface area contributed by atoms with E-state index >= 15 is 0 Å². The van der Waals surface area contributed by atoms with Crippen LogP contribution in [0, 0.1) is 11.3 Å². The first-order valence-corrected chi connectivity index (χ1v) is 6.60. The summed E-state index contributed by atoms with van der Waals surface area (Å²) in [6, 6.07) is 10.0. The zero-order chi connectivity index (χ0) is 13.5. The Morgan fingerprint density at radius 3 is 2.53 bits per heavy atom. The number of esters is 1. The lowest BCUT2D eigenvalue weighted by atomic mass is 9.71. The number of methoxy groups -OCH3 is 2. The summed E-state index contributed by atoms with van der Waals surface area (Å²) in [4.78, 5) is 12.4. The summed E-state index contributed by atoms with van der Waals surface area (Å²) in [6.45, 7) is 0. The molecule has 1 fully saturated rings. The summed E-state index contributed by atoms with van der Waals surface area (Å²) < 4.78 is 11.0. The second-order valence-corrected chi connectivity index (χ2v) is 5.27. The Balaban J connectivity index is 2.19. The van der Waals surface area contributed by atoms with Gasteiger partial charge in [0.15, 0.2) is 0 Å². The third kappa shape index (κ3) is 1.34. The number of hydrogen-bond acceptors (Lipinski definition) is 3. The molecule has 0 amide bonds. The number of carbonyl (C=O) groups excluding carboxylic acids is 1.